The van der Waals surface area contributed by atoms with Crippen molar-refractivity contribution in [2.75, 3.05) is 0 Å². The smallest absolute Gasteiger partial charge is 0.186 e. The van der Waals surface area contributed by atoms with E-state index in [0.717, 1.165) is 0 Å². The van der Waals surface area contributed by atoms with Crippen molar-refractivity contribution in [3.63, 3.8) is 0 Å². The van der Waals surface area contributed by atoms with Gasteiger partial charge in [-0.15, -0.1) is 0 Å². The minimum Gasteiger partial charge on any atom is -0.312 e. The van der Waals surface area contributed by atoms with Gasteiger partial charge < -0.3 is 9.96 Å². The SMILES string of the molecule is N=CC1C=CC(S(=O)O)=CC1. The summed E-state index contributed by atoms with van der Waals surface area (Å²) < 4.78 is 19.1. The van der Waals surface area contributed by atoms with Crippen molar-refractivity contribution in [3.8, 4) is 0 Å². The molecule has 0 amide bonds. The van der Waals surface area contributed by atoms with Gasteiger partial charge in [0.05, 0.1) is 4.91 Å². The average Bonchev–Trinajstić information content (AvgIpc) is 2.05. The van der Waals surface area contributed by atoms with Crippen molar-refractivity contribution < 1.29 is 8.76 Å². The maximum atomic E-state index is 10.5. The molecule has 0 spiro atoms. The van der Waals surface area contributed by atoms with E-state index in [0.29, 0.717) is 11.3 Å². The summed E-state index contributed by atoms with van der Waals surface area (Å²) in [6.07, 6.45) is 7.02. The Hall–Kier alpha value is -0.740. The molecular formula is C7H9NO2S. The van der Waals surface area contributed by atoms with E-state index in [-0.39, 0.29) is 5.92 Å². The average molecular weight is 171 g/mol. The molecule has 0 heterocycles. The predicted molar refractivity (Wildman–Crippen MR) is 44.9 cm³/mol. The first-order chi connectivity index (χ1) is 5.24. The molecule has 0 aliphatic heterocycles. The van der Waals surface area contributed by atoms with Crippen LogP contribution in [0.3, 0.4) is 0 Å². The number of allylic oxidation sites excluding steroid dienone is 3. The lowest BCUT2D eigenvalue weighted by atomic mass is 10.0. The van der Waals surface area contributed by atoms with Crippen LogP contribution in [0.2, 0.25) is 0 Å². The van der Waals surface area contributed by atoms with Crippen LogP contribution in [0.5, 0.6) is 0 Å². The highest BCUT2D eigenvalue weighted by atomic mass is 32.2. The number of rotatable bonds is 2. The van der Waals surface area contributed by atoms with Gasteiger partial charge in [0.25, 0.3) is 0 Å². The molecule has 3 nitrogen and oxygen atoms in total. The van der Waals surface area contributed by atoms with Crippen molar-refractivity contribution in [1.29, 1.82) is 5.41 Å². The first-order valence-electron chi connectivity index (χ1n) is 3.24. The molecule has 0 fully saturated rings. The fourth-order valence-corrected chi connectivity index (χ4v) is 1.30. The van der Waals surface area contributed by atoms with Crippen LogP contribution in [-0.2, 0) is 11.1 Å². The largest absolute Gasteiger partial charge is 0.312 e. The Labute approximate surface area is 67.6 Å². The second kappa shape index (κ2) is 3.59. The summed E-state index contributed by atoms with van der Waals surface area (Å²) in [5.41, 5.74) is 0. The van der Waals surface area contributed by atoms with Gasteiger partial charge in [-0.25, -0.2) is 4.21 Å². The molecule has 11 heavy (non-hydrogen) atoms. The molecule has 0 aromatic heterocycles. The van der Waals surface area contributed by atoms with Gasteiger partial charge >= 0.3 is 0 Å². The Bertz CT molecular complexity index is 245. The molecule has 2 N–H and O–H groups in total. The summed E-state index contributed by atoms with van der Waals surface area (Å²) in [5.74, 6) is 0.0994. The van der Waals surface area contributed by atoms with E-state index in [4.69, 9.17) is 9.96 Å². The van der Waals surface area contributed by atoms with Crippen LogP contribution in [-0.4, -0.2) is 15.0 Å². The molecule has 0 radical (unpaired) electrons. The van der Waals surface area contributed by atoms with Gasteiger partial charge in [-0.1, -0.05) is 12.2 Å². The molecule has 0 aromatic carbocycles. The van der Waals surface area contributed by atoms with Crippen LogP contribution in [0, 0.1) is 11.3 Å². The standard InChI is InChI=1S/C7H9NO2S/c8-5-6-1-3-7(4-2-6)11(9)10/h1,3-6,8H,2H2,(H,9,10). The Kier molecular flexibility index (Phi) is 2.73. The molecule has 1 aliphatic rings. The molecule has 1 aliphatic carbocycles. The number of nitrogens with one attached hydrogen (secondary N) is 1. The first kappa shape index (κ1) is 8.36. The van der Waals surface area contributed by atoms with Gasteiger partial charge in [0, 0.05) is 12.1 Å². The molecule has 1 rings (SSSR count). The highest BCUT2D eigenvalue weighted by Crippen LogP contribution is 2.15. The fourth-order valence-electron chi connectivity index (χ4n) is 0.870. The van der Waals surface area contributed by atoms with Crippen LogP contribution in [0.1, 0.15) is 6.42 Å². The van der Waals surface area contributed by atoms with E-state index in [1.165, 1.54) is 6.21 Å². The summed E-state index contributed by atoms with van der Waals surface area (Å²) in [5, 5.41) is 6.93. The minimum absolute atomic E-state index is 0.0994. The fraction of sp³-hybridized carbons (Fsp3) is 0.286. The van der Waals surface area contributed by atoms with E-state index >= 15 is 0 Å². The summed E-state index contributed by atoms with van der Waals surface area (Å²) >= 11 is -1.87. The summed E-state index contributed by atoms with van der Waals surface area (Å²) in [7, 11) is 0. The van der Waals surface area contributed by atoms with Crippen molar-refractivity contribution in [1.82, 2.24) is 0 Å². The van der Waals surface area contributed by atoms with Crippen LogP contribution in [0.15, 0.2) is 23.1 Å². The van der Waals surface area contributed by atoms with E-state index in [2.05, 4.69) is 0 Å². The van der Waals surface area contributed by atoms with Crippen LogP contribution >= 0.6 is 0 Å². The molecule has 0 saturated heterocycles. The van der Waals surface area contributed by atoms with Crippen molar-refractivity contribution >= 4 is 17.3 Å². The molecule has 2 unspecified atom stereocenters. The molecular weight excluding hydrogens is 162 g/mol. The van der Waals surface area contributed by atoms with Crippen molar-refractivity contribution in [2.45, 2.75) is 6.42 Å². The van der Waals surface area contributed by atoms with Crippen LogP contribution < -0.4 is 0 Å². The quantitative estimate of drug-likeness (QED) is 0.486. The minimum atomic E-state index is -1.87. The monoisotopic (exact) mass is 171 g/mol. The van der Waals surface area contributed by atoms with E-state index in [1.54, 1.807) is 18.2 Å². The first-order valence-corrected chi connectivity index (χ1v) is 4.34. The van der Waals surface area contributed by atoms with Gasteiger partial charge in [-0.05, 0) is 12.5 Å². The highest BCUT2D eigenvalue weighted by Gasteiger charge is 2.08. The summed E-state index contributed by atoms with van der Waals surface area (Å²) in [4.78, 5) is 0.433. The van der Waals surface area contributed by atoms with Crippen molar-refractivity contribution in [2.24, 2.45) is 5.92 Å². The highest BCUT2D eigenvalue weighted by molar-refractivity contribution is 7.83. The third-order valence-corrected chi connectivity index (χ3v) is 2.22. The lowest BCUT2D eigenvalue weighted by Crippen LogP contribution is -2.02. The third kappa shape index (κ3) is 2.10. The third-order valence-electron chi connectivity index (χ3n) is 1.51. The molecule has 4 heteroatoms. The number of hydrogen-bond acceptors (Lipinski definition) is 2. The summed E-state index contributed by atoms with van der Waals surface area (Å²) in [6, 6.07) is 0. The van der Waals surface area contributed by atoms with Gasteiger partial charge in [0.1, 0.15) is 0 Å². The van der Waals surface area contributed by atoms with Gasteiger partial charge in [0.2, 0.25) is 0 Å². The Morgan fingerprint density at radius 2 is 2.55 bits per heavy atom. The van der Waals surface area contributed by atoms with Crippen LogP contribution in [0.25, 0.3) is 0 Å². The normalized spacial score (nSPS) is 25.9. The van der Waals surface area contributed by atoms with E-state index in [9.17, 15) is 4.21 Å². The molecule has 2 atom stereocenters. The molecule has 0 saturated carbocycles. The lowest BCUT2D eigenvalue weighted by molar-refractivity contribution is 0.571. The van der Waals surface area contributed by atoms with Gasteiger partial charge in [-0.2, -0.15) is 0 Å². The second-order valence-electron chi connectivity index (χ2n) is 2.28. The maximum absolute atomic E-state index is 10.5. The van der Waals surface area contributed by atoms with E-state index in [1.807, 2.05) is 0 Å². The lowest BCUT2D eigenvalue weighted by Gasteiger charge is -2.08. The predicted octanol–water partition coefficient (Wildman–Crippen LogP) is 1.32. The van der Waals surface area contributed by atoms with Gasteiger partial charge in [-0.3, -0.25) is 0 Å². The zero-order chi connectivity index (χ0) is 8.27. The molecule has 0 bridgehead atoms. The van der Waals surface area contributed by atoms with Gasteiger partial charge in [0.15, 0.2) is 11.1 Å². The van der Waals surface area contributed by atoms with Crippen molar-refractivity contribution in [3.05, 3.63) is 23.1 Å². The Morgan fingerprint density at radius 3 is 2.91 bits per heavy atom. The maximum Gasteiger partial charge on any atom is 0.186 e. The Balaban J connectivity index is 2.66. The molecule has 60 valence electrons. The Morgan fingerprint density at radius 1 is 1.82 bits per heavy atom. The molecule has 0 aromatic rings. The van der Waals surface area contributed by atoms with E-state index < -0.39 is 11.1 Å². The van der Waals surface area contributed by atoms with Crippen LogP contribution in [0.4, 0.5) is 0 Å². The zero-order valence-corrected chi connectivity index (χ0v) is 6.67. The summed E-state index contributed by atoms with van der Waals surface area (Å²) in [6.45, 7) is 0. The number of hydrogen-bond donors (Lipinski definition) is 2. The topological polar surface area (TPSA) is 61.2 Å². The zero-order valence-electron chi connectivity index (χ0n) is 5.86. The second-order valence-corrected chi connectivity index (χ2v) is 3.25.